The summed E-state index contributed by atoms with van der Waals surface area (Å²) in [7, 11) is 0. The number of carboxylic acid groups (broad SMARTS) is 1. The van der Waals surface area contributed by atoms with E-state index in [0.29, 0.717) is 0 Å². The quantitative estimate of drug-likeness (QED) is 0.823. The van der Waals surface area contributed by atoms with Crippen molar-refractivity contribution in [3.05, 3.63) is 29.0 Å². The molecule has 1 heterocycles. The predicted octanol–water partition coefficient (Wildman–Crippen LogP) is 1.96. The number of carbonyl (C=O) groups is 2. The first-order valence-electron chi connectivity index (χ1n) is 5.37. The van der Waals surface area contributed by atoms with Crippen molar-refractivity contribution >= 4 is 23.5 Å². The van der Waals surface area contributed by atoms with Gasteiger partial charge >= 0.3 is 5.97 Å². The summed E-state index contributed by atoms with van der Waals surface area (Å²) in [5, 5.41) is 11.8. The molecule has 18 heavy (non-hydrogen) atoms. The molecule has 0 aliphatic heterocycles. The zero-order valence-corrected chi connectivity index (χ0v) is 11.2. The molecule has 0 aromatic carbocycles. The van der Waals surface area contributed by atoms with Gasteiger partial charge in [-0.3, -0.25) is 4.79 Å². The Labute approximate surface area is 110 Å². The number of carboxylic acids is 1. The van der Waals surface area contributed by atoms with Crippen LogP contribution in [0.3, 0.4) is 0 Å². The minimum atomic E-state index is -1.07. The van der Waals surface area contributed by atoms with Crippen LogP contribution in [0.25, 0.3) is 0 Å². The molecular weight excluding hydrogens is 256 g/mol. The van der Waals surface area contributed by atoms with Crippen LogP contribution < -0.4 is 5.32 Å². The van der Waals surface area contributed by atoms with Gasteiger partial charge in [0.1, 0.15) is 11.2 Å². The molecule has 0 spiro atoms. The van der Waals surface area contributed by atoms with Gasteiger partial charge in [0.15, 0.2) is 0 Å². The minimum absolute atomic E-state index is 0.273. The lowest BCUT2D eigenvalue weighted by molar-refractivity contribution is -0.142. The van der Waals surface area contributed by atoms with Gasteiger partial charge in [-0.15, -0.1) is 0 Å². The van der Waals surface area contributed by atoms with Gasteiger partial charge in [0, 0.05) is 6.20 Å². The van der Waals surface area contributed by atoms with E-state index in [9.17, 15) is 9.59 Å². The maximum atomic E-state index is 11.9. The van der Waals surface area contributed by atoms with Crippen molar-refractivity contribution in [3.8, 4) is 0 Å². The summed E-state index contributed by atoms with van der Waals surface area (Å²) in [6, 6.07) is 2.00. The number of nitrogens with zero attached hydrogens (tertiary/aromatic N) is 1. The van der Waals surface area contributed by atoms with Crippen LogP contribution in [-0.2, 0) is 4.79 Å². The molecule has 2 N–H and O–H groups in total. The van der Waals surface area contributed by atoms with Gasteiger partial charge < -0.3 is 10.4 Å². The van der Waals surface area contributed by atoms with E-state index in [4.69, 9.17) is 16.7 Å². The molecular formula is C12H15ClN2O3. The molecule has 5 nitrogen and oxygen atoms in total. The Bertz CT molecular complexity index is 451. The average molecular weight is 271 g/mol. The van der Waals surface area contributed by atoms with E-state index in [1.807, 2.05) is 0 Å². The largest absolute Gasteiger partial charge is 0.480 e. The van der Waals surface area contributed by atoms with Gasteiger partial charge in [-0.2, -0.15) is 0 Å². The topological polar surface area (TPSA) is 79.3 Å². The number of halogens is 1. The van der Waals surface area contributed by atoms with Crippen LogP contribution in [0.2, 0.25) is 5.15 Å². The highest BCUT2D eigenvalue weighted by atomic mass is 35.5. The van der Waals surface area contributed by atoms with E-state index < -0.39 is 23.3 Å². The smallest absolute Gasteiger partial charge is 0.326 e. The van der Waals surface area contributed by atoms with Crippen LogP contribution in [-0.4, -0.2) is 28.0 Å². The molecule has 98 valence electrons. The number of pyridine rings is 1. The second-order valence-corrected chi connectivity index (χ2v) is 5.37. The standard InChI is InChI=1S/C12H15ClN2O3/c1-12(2,3)9(11(17)18)15-10(16)7-4-5-8(13)14-6-7/h4-6,9H,1-3H3,(H,15,16)(H,17,18)/t9-/m0/s1. The Kier molecular flexibility index (Phi) is 4.29. The zero-order valence-electron chi connectivity index (χ0n) is 10.4. The SMILES string of the molecule is CC(C)(C)[C@@H](NC(=O)c1ccc(Cl)nc1)C(=O)O. The molecule has 0 saturated heterocycles. The molecule has 1 amide bonds. The van der Waals surface area contributed by atoms with Crippen LogP contribution in [0, 0.1) is 5.41 Å². The summed E-state index contributed by atoms with van der Waals surface area (Å²) in [6.45, 7) is 5.23. The number of aromatic nitrogens is 1. The van der Waals surface area contributed by atoms with Crippen LogP contribution in [0.5, 0.6) is 0 Å². The van der Waals surface area contributed by atoms with Gasteiger partial charge in [-0.05, 0) is 17.5 Å². The Morgan fingerprint density at radius 3 is 2.39 bits per heavy atom. The molecule has 0 radical (unpaired) electrons. The molecule has 0 aliphatic rings. The fourth-order valence-corrected chi connectivity index (χ4v) is 1.49. The summed E-state index contributed by atoms with van der Waals surface area (Å²) >= 11 is 5.61. The van der Waals surface area contributed by atoms with E-state index in [1.54, 1.807) is 20.8 Å². The first kappa shape index (κ1) is 14.4. The highest BCUT2D eigenvalue weighted by molar-refractivity contribution is 6.29. The Morgan fingerprint density at radius 2 is 2.00 bits per heavy atom. The number of carbonyl (C=O) groups excluding carboxylic acids is 1. The van der Waals surface area contributed by atoms with E-state index in [1.165, 1.54) is 18.3 Å². The molecule has 0 fully saturated rings. The maximum absolute atomic E-state index is 11.9. The van der Waals surface area contributed by atoms with Crippen molar-refractivity contribution in [1.82, 2.24) is 10.3 Å². The summed E-state index contributed by atoms with van der Waals surface area (Å²) < 4.78 is 0. The number of hydrogen-bond acceptors (Lipinski definition) is 3. The molecule has 1 aromatic rings. The van der Waals surface area contributed by atoms with Gasteiger partial charge in [-0.1, -0.05) is 32.4 Å². The molecule has 0 aliphatic carbocycles. The third-order valence-corrected chi connectivity index (χ3v) is 2.60. The molecule has 0 bridgehead atoms. The molecule has 0 saturated carbocycles. The van der Waals surface area contributed by atoms with Crippen molar-refractivity contribution in [3.63, 3.8) is 0 Å². The lowest BCUT2D eigenvalue weighted by atomic mass is 9.86. The van der Waals surface area contributed by atoms with Gasteiger partial charge in [0.25, 0.3) is 5.91 Å². The summed E-state index contributed by atoms with van der Waals surface area (Å²) in [5.41, 5.74) is -0.309. The number of nitrogens with one attached hydrogen (secondary N) is 1. The van der Waals surface area contributed by atoms with Crippen LogP contribution in [0.15, 0.2) is 18.3 Å². The monoisotopic (exact) mass is 270 g/mol. The number of amides is 1. The van der Waals surface area contributed by atoms with Crippen molar-refractivity contribution in [2.45, 2.75) is 26.8 Å². The summed E-state index contributed by atoms with van der Waals surface area (Å²) in [4.78, 5) is 26.7. The molecule has 0 unspecified atom stereocenters. The highest BCUT2D eigenvalue weighted by Gasteiger charge is 2.32. The normalized spacial score (nSPS) is 12.9. The fourth-order valence-electron chi connectivity index (χ4n) is 1.37. The third-order valence-electron chi connectivity index (χ3n) is 2.38. The van der Waals surface area contributed by atoms with E-state index in [0.717, 1.165) is 0 Å². The van der Waals surface area contributed by atoms with E-state index >= 15 is 0 Å². The van der Waals surface area contributed by atoms with E-state index in [-0.39, 0.29) is 10.7 Å². The summed E-state index contributed by atoms with van der Waals surface area (Å²) in [5.74, 6) is -1.56. The van der Waals surface area contributed by atoms with Crippen molar-refractivity contribution in [2.24, 2.45) is 5.41 Å². The van der Waals surface area contributed by atoms with Crippen LogP contribution in [0.4, 0.5) is 0 Å². The molecule has 1 aromatic heterocycles. The van der Waals surface area contributed by atoms with E-state index in [2.05, 4.69) is 10.3 Å². The second-order valence-electron chi connectivity index (χ2n) is 4.98. The summed E-state index contributed by atoms with van der Waals surface area (Å²) in [6.07, 6.45) is 1.30. The molecule has 6 heteroatoms. The molecule has 1 rings (SSSR count). The molecule has 1 atom stereocenters. The lowest BCUT2D eigenvalue weighted by Gasteiger charge is -2.27. The number of aliphatic carboxylic acids is 1. The Hall–Kier alpha value is -1.62. The average Bonchev–Trinajstić information content (AvgIpc) is 2.24. The number of rotatable bonds is 3. The second kappa shape index (κ2) is 5.35. The van der Waals surface area contributed by atoms with Gasteiger partial charge in [-0.25, -0.2) is 9.78 Å². The van der Waals surface area contributed by atoms with Crippen molar-refractivity contribution in [2.75, 3.05) is 0 Å². The number of hydrogen-bond donors (Lipinski definition) is 2. The van der Waals surface area contributed by atoms with Crippen molar-refractivity contribution in [1.29, 1.82) is 0 Å². The first-order valence-corrected chi connectivity index (χ1v) is 5.75. The van der Waals surface area contributed by atoms with Gasteiger partial charge in [0.05, 0.1) is 5.56 Å². The van der Waals surface area contributed by atoms with Crippen molar-refractivity contribution < 1.29 is 14.7 Å². The lowest BCUT2D eigenvalue weighted by Crippen LogP contribution is -2.49. The zero-order chi connectivity index (χ0) is 13.9. The van der Waals surface area contributed by atoms with Crippen LogP contribution in [0.1, 0.15) is 31.1 Å². The van der Waals surface area contributed by atoms with Crippen LogP contribution >= 0.6 is 11.6 Å². The highest BCUT2D eigenvalue weighted by Crippen LogP contribution is 2.20. The Morgan fingerprint density at radius 1 is 1.39 bits per heavy atom. The fraction of sp³-hybridized carbons (Fsp3) is 0.417. The third kappa shape index (κ3) is 3.70. The Balaban J connectivity index is 2.86. The maximum Gasteiger partial charge on any atom is 0.326 e. The predicted molar refractivity (Wildman–Crippen MR) is 67.6 cm³/mol. The minimum Gasteiger partial charge on any atom is -0.480 e. The van der Waals surface area contributed by atoms with Gasteiger partial charge in [0.2, 0.25) is 0 Å². The first-order chi connectivity index (χ1) is 8.21.